The first kappa shape index (κ1) is 12.0. The maximum atomic E-state index is 13.0. The number of hydrogen-bond acceptors (Lipinski definition) is 2. The lowest BCUT2D eigenvalue weighted by molar-refractivity contribution is 0.0713. The van der Waals surface area contributed by atoms with Gasteiger partial charge in [-0.05, 0) is 25.0 Å². The Morgan fingerprint density at radius 2 is 1.71 bits per heavy atom. The molecule has 1 aliphatic rings. The van der Waals surface area contributed by atoms with Gasteiger partial charge in [0.1, 0.15) is 11.6 Å². The molecule has 2 rings (SSSR count). The molecule has 1 aromatic rings. The van der Waals surface area contributed by atoms with E-state index in [1.807, 2.05) is 0 Å². The summed E-state index contributed by atoms with van der Waals surface area (Å²) in [5.74, 6) is -1.81. The van der Waals surface area contributed by atoms with Crippen LogP contribution in [0.25, 0.3) is 0 Å². The molecular weight excluding hydrogens is 226 g/mol. The van der Waals surface area contributed by atoms with Crippen LogP contribution in [0.3, 0.4) is 0 Å². The second kappa shape index (κ2) is 4.79. The van der Waals surface area contributed by atoms with Gasteiger partial charge >= 0.3 is 0 Å². The lowest BCUT2D eigenvalue weighted by Gasteiger charge is -2.30. The van der Waals surface area contributed by atoms with E-state index in [4.69, 9.17) is 5.73 Å². The molecule has 0 spiro atoms. The summed E-state index contributed by atoms with van der Waals surface area (Å²) < 4.78 is 26.0. The zero-order valence-corrected chi connectivity index (χ0v) is 9.33. The average molecular weight is 240 g/mol. The van der Waals surface area contributed by atoms with Gasteiger partial charge in [-0.2, -0.15) is 0 Å². The summed E-state index contributed by atoms with van der Waals surface area (Å²) in [5, 5.41) is 0. The quantitative estimate of drug-likeness (QED) is 0.809. The van der Waals surface area contributed by atoms with Crippen LogP contribution in [0.15, 0.2) is 18.2 Å². The first-order valence-electron chi connectivity index (χ1n) is 5.57. The second-order valence-corrected chi connectivity index (χ2v) is 4.29. The van der Waals surface area contributed by atoms with Gasteiger partial charge in [-0.1, -0.05) is 0 Å². The fourth-order valence-electron chi connectivity index (χ4n) is 1.96. The number of hydrogen-bond donors (Lipinski definition) is 1. The number of amides is 1. The highest BCUT2D eigenvalue weighted by molar-refractivity contribution is 5.94. The van der Waals surface area contributed by atoms with Crippen LogP contribution in [0.1, 0.15) is 23.2 Å². The van der Waals surface area contributed by atoms with Crippen molar-refractivity contribution < 1.29 is 13.6 Å². The number of likely N-dealkylation sites (tertiary alicyclic amines) is 1. The Morgan fingerprint density at radius 1 is 1.18 bits per heavy atom. The van der Waals surface area contributed by atoms with Gasteiger partial charge in [-0.15, -0.1) is 0 Å². The molecule has 0 saturated carbocycles. The Labute approximate surface area is 98.2 Å². The molecule has 1 aromatic carbocycles. The fraction of sp³-hybridized carbons (Fsp3) is 0.417. The molecule has 1 heterocycles. The van der Waals surface area contributed by atoms with Crippen molar-refractivity contribution in [3.63, 3.8) is 0 Å². The zero-order valence-electron chi connectivity index (χ0n) is 9.33. The third kappa shape index (κ3) is 2.79. The number of benzene rings is 1. The maximum Gasteiger partial charge on any atom is 0.254 e. The summed E-state index contributed by atoms with van der Waals surface area (Å²) in [6, 6.07) is 2.98. The van der Waals surface area contributed by atoms with E-state index in [0.717, 1.165) is 31.0 Å². The molecule has 0 radical (unpaired) electrons. The molecule has 92 valence electrons. The molecular formula is C12H14F2N2O. The van der Waals surface area contributed by atoms with E-state index in [1.165, 1.54) is 0 Å². The number of piperidine rings is 1. The van der Waals surface area contributed by atoms with Crippen molar-refractivity contribution in [2.24, 2.45) is 5.73 Å². The van der Waals surface area contributed by atoms with E-state index in [0.29, 0.717) is 13.1 Å². The molecule has 0 aromatic heterocycles. The van der Waals surface area contributed by atoms with Crippen LogP contribution < -0.4 is 5.73 Å². The topological polar surface area (TPSA) is 46.3 Å². The number of nitrogens with two attached hydrogens (primary N) is 1. The molecule has 17 heavy (non-hydrogen) atoms. The van der Waals surface area contributed by atoms with Gasteiger partial charge in [0, 0.05) is 30.8 Å². The standard InChI is InChI=1S/C12H14F2N2O/c13-9-5-8(6-10(14)7-9)12(17)16-3-1-11(15)2-4-16/h5-7,11H,1-4,15H2. The normalized spacial score (nSPS) is 17.2. The summed E-state index contributed by atoms with van der Waals surface area (Å²) >= 11 is 0. The number of nitrogens with zero attached hydrogens (tertiary/aromatic N) is 1. The lowest BCUT2D eigenvalue weighted by atomic mass is 10.0. The highest BCUT2D eigenvalue weighted by Crippen LogP contribution is 2.14. The van der Waals surface area contributed by atoms with Crippen molar-refractivity contribution in [2.45, 2.75) is 18.9 Å². The minimum absolute atomic E-state index is 0.0537. The van der Waals surface area contributed by atoms with E-state index in [9.17, 15) is 13.6 Å². The summed E-state index contributed by atoms with van der Waals surface area (Å²) in [6.45, 7) is 1.08. The average Bonchev–Trinajstić information content (AvgIpc) is 2.28. The summed E-state index contributed by atoms with van der Waals surface area (Å²) in [7, 11) is 0. The van der Waals surface area contributed by atoms with E-state index < -0.39 is 11.6 Å². The monoisotopic (exact) mass is 240 g/mol. The largest absolute Gasteiger partial charge is 0.339 e. The third-order valence-electron chi connectivity index (χ3n) is 2.94. The van der Waals surface area contributed by atoms with Crippen LogP contribution >= 0.6 is 0 Å². The summed E-state index contributed by atoms with van der Waals surface area (Å²) in [5.41, 5.74) is 5.78. The van der Waals surface area contributed by atoms with Crippen LogP contribution in [-0.4, -0.2) is 29.9 Å². The van der Waals surface area contributed by atoms with Crippen molar-refractivity contribution in [1.82, 2.24) is 4.90 Å². The Morgan fingerprint density at radius 3 is 2.24 bits per heavy atom. The molecule has 3 nitrogen and oxygen atoms in total. The number of carbonyl (C=O) groups is 1. The van der Waals surface area contributed by atoms with Crippen LogP contribution in [0, 0.1) is 11.6 Å². The van der Waals surface area contributed by atoms with Crippen molar-refractivity contribution in [2.75, 3.05) is 13.1 Å². The predicted octanol–water partition coefficient (Wildman–Crippen LogP) is 1.53. The van der Waals surface area contributed by atoms with Crippen LogP contribution in [0.5, 0.6) is 0 Å². The Hall–Kier alpha value is -1.49. The van der Waals surface area contributed by atoms with Crippen molar-refractivity contribution in [1.29, 1.82) is 0 Å². The molecule has 0 unspecified atom stereocenters. The zero-order chi connectivity index (χ0) is 12.4. The number of rotatable bonds is 1. The van der Waals surface area contributed by atoms with Gasteiger partial charge in [0.25, 0.3) is 5.91 Å². The highest BCUT2D eigenvalue weighted by Gasteiger charge is 2.22. The molecule has 2 N–H and O–H groups in total. The van der Waals surface area contributed by atoms with Crippen LogP contribution in [0.4, 0.5) is 8.78 Å². The molecule has 0 aliphatic carbocycles. The molecule has 1 fully saturated rings. The third-order valence-corrected chi connectivity index (χ3v) is 2.94. The van der Waals surface area contributed by atoms with Crippen molar-refractivity contribution in [3.05, 3.63) is 35.4 Å². The summed E-state index contributed by atoms with van der Waals surface area (Å²) in [6.07, 6.45) is 1.45. The van der Waals surface area contributed by atoms with Crippen LogP contribution in [0.2, 0.25) is 0 Å². The Kier molecular flexibility index (Phi) is 3.38. The SMILES string of the molecule is NC1CCN(C(=O)c2cc(F)cc(F)c2)CC1. The van der Waals surface area contributed by atoms with Crippen LogP contribution in [-0.2, 0) is 0 Å². The number of carbonyl (C=O) groups excluding carboxylic acids is 1. The lowest BCUT2D eigenvalue weighted by Crippen LogP contribution is -2.42. The Balaban J connectivity index is 2.14. The maximum absolute atomic E-state index is 13.0. The first-order valence-corrected chi connectivity index (χ1v) is 5.57. The van der Waals surface area contributed by atoms with E-state index >= 15 is 0 Å². The predicted molar refractivity (Wildman–Crippen MR) is 59.5 cm³/mol. The first-order chi connectivity index (χ1) is 8.06. The number of halogens is 2. The smallest absolute Gasteiger partial charge is 0.254 e. The molecule has 1 aliphatic heterocycles. The molecule has 1 saturated heterocycles. The van der Waals surface area contributed by atoms with Gasteiger partial charge in [0.15, 0.2) is 0 Å². The minimum Gasteiger partial charge on any atom is -0.339 e. The summed E-state index contributed by atoms with van der Waals surface area (Å²) in [4.78, 5) is 13.5. The van der Waals surface area contributed by atoms with Gasteiger partial charge < -0.3 is 10.6 Å². The molecule has 0 bridgehead atoms. The van der Waals surface area contributed by atoms with Gasteiger partial charge in [0.05, 0.1) is 0 Å². The van der Waals surface area contributed by atoms with E-state index in [2.05, 4.69) is 0 Å². The minimum atomic E-state index is -0.734. The van der Waals surface area contributed by atoms with E-state index in [1.54, 1.807) is 4.90 Å². The molecule has 0 atom stereocenters. The Bertz CT molecular complexity index is 408. The van der Waals surface area contributed by atoms with Crippen molar-refractivity contribution >= 4 is 5.91 Å². The molecule has 1 amide bonds. The second-order valence-electron chi connectivity index (χ2n) is 4.29. The van der Waals surface area contributed by atoms with Gasteiger partial charge in [-0.25, -0.2) is 8.78 Å². The van der Waals surface area contributed by atoms with Gasteiger partial charge in [-0.3, -0.25) is 4.79 Å². The highest BCUT2D eigenvalue weighted by atomic mass is 19.1. The fourth-order valence-corrected chi connectivity index (χ4v) is 1.96. The van der Waals surface area contributed by atoms with Crippen molar-refractivity contribution in [3.8, 4) is 0 Å². The van der Waals surface area contributed by atoms with E-state index in [-0.39, 0.29) is 17.5 Å². The molecule has 5 heteroatoms. The van der Waals surface area contributed by atoms with Gasteiger partial charge in [0.2, 0.25) is 0 Å².